The third-order valence-electron chi connectivity index (χ3n) is 7.82. The summed E-state index contributed by atoms with van der Waals surface area (Å²) in [4.78, 5) is 10.0. The highest BCUT2D eigenvalue weighted by atomic mass is 32.7. The van der Waals surface area contributed by atoms with Crippen LogP contribution in [0.25, 0.3) is 0 Å². The molecule has 0 aromatic heterocycles. The molecule has 1 N–H and O–H groups in total. The normalized spacial score (nSPS) is 13.5. The monoisotopic (exact) mass is 614 g/mol. The van der Waals surface area contributed by atoms with Crippen LogP contribution in [0.5, 0.6) is 0 Å². The summed E-state index contributed by atoms with van der Waals surface area (Å²) < 4.78 is 17.6. The zero-order valence-corrected chi connectivity index (χ0v) is 29.4. The Hall–Kier alpha value is -0.0200. The van der Waals surface area contributed by atoms with Gasteiger partial charge in [0.25, 0.3) is 0 Å². The van der Waals surface area contributed by atoms with Crippen LogP contribution in [0.4, 0.5) is 0 Å². The zero-order valence-electron chi connectivity index (χ0n) is 27.6. The smallest absolute Gasteiger partial charge is 0.316 e. The molecule has 0 aromatic carbocycles. The largest absolute Gasteiger partial charge is 0.386 e. The van der Waals surface area contributed by atoms with Crippen LogP contribution >= 0.6 is 18.2 Å². The predicted molar refractivity (Wildman–Crippen MR) is 187 cm³/mol. The predicted octanol–water partition coefficient (Wildman–Crippen LogP) is 13.9. The summed E-state index contributed by atoms with van der Waals surface area (Å²) in [7, 11) is 0. The molecule has 41 heavy (non-hydrogen) atoms. The minimum absolute atomic E-state index is 0.412. The van der Waals surface area contributed by atoms with Crippen molar-refractivity contribution in [3.05, 3.63) is 24.3 Å². The van der Waals surface area contributed by atoms with E-state index in [0.717, 1.165) is 42.8 Å². The van der Waals surface area contributed by atoms with Crippen molar-refractivity contribution in [2.75, 3.05) is 12.4 Å². The molecule has 0 bridgehead atoms. The van der Waals surface area contributed by atoms with Gasteiger partial charge in [-0.3, -0.25) is 0 Å². The highest BCUT2D eigenvalue weighted by Gasteiger charge is 2.19. The summed E-state index contributed by atoms with van der Waals surface area (Å²) in [6, 6.07) is 0. The summed E-state index contributed by atoms with van der Waals surface area (Å²) in [5.41, 5.74) is 0. The lowest BCUT2D eigenvalue weighted by Crippen LogP contribution is -1.92. The van der Waals surface area contributed by atoms with E-state index in [1.54, 1.807) is 0 Å². The van der Waals surface area contributed by atoms with Gasteiger partial charge in [-0.15, -0.1) is 0 Å². The molecule has 0 fully saturated rings. The van der Waals surface area contributed by atoms with Crippen LogP contribution < -0.4 is 0 Å². The summed E-state index contributed by atoms with van der Waals surface area (Å²) >= 11 is 1.13. The van der Waals surface area contributed by atoms with Crippen LogP contribution in [0.2, 0.25) is 0 Å². The Labute approximate surface area is 261 Å². The van der Waals surface area contributed by atoms with Gasteiger partial charge in [0.1, 0.15) is 0 Å². The van der Waals surface area contributed by atoms with E-state index in [-0.39, 0.29) is 0 Å². The van der Waals surface area contributed by atoms with Gasteiger partial charge in [-0.2, -0.15) is 0 Å². The van der Waals surface area contributed by atoms with Crippen LogP contribution in [0.15, 0.2) is 24.3 Å². The van der Waals surface area contributed by atoms with Gasteiger partial charge in [-0.25, -0.2) is 4.57 Å². The van der Waals surface area contributed by atoms with Gasteiger partial charge < -0.3 is 9.42 Å². The second-order valence-corrected chi connectivity index (χ2v) is 16.0. The van der Waals surface area contributed by atoms with Gasteiger partial charge in [0.05, 0.1) is 6.61 Å². The first-order chi connectivity index (χ1) is 20.1. The topological polar surface area (TPSA) is 46.5 Å². The van der Waals surface area contributed by atoms with E-state index >= 15 is 0 Å². The Morgan fingerprint density at radius 2 is 0.805 bits per heavy atom. The van der Waals surface area contributed by atoms with Crippen molar-refractivity contribution in [2.45, 2.75) is 194 Å². The van der Waals surface area contributed by atoms with Crippen LogP contribution in [0.3, 0.4) is 0 Å². The summed E-state index contributed by atoms with van der Waals surface area (Å²) in [5, 5.41) is 0. The molecule has 0 radical (unpaired) electrons. The molecule has 0 spiro atoms. The van der Waals surface area contributed by atoms with Crippen LogP contribution in [0, 0.1) is 0 Å². The maximum atomic E-state index is 12.2. The van der Waals surface area contributed by atoms with Crippen LogP contribution in [0.1, 0.15) is 194 Å². The molecule has 0 heterocycles. The fraction of sp³-hybridized carbons (Fsp3) is 0.889. The molecule has 0 amide bonds. The van der Waals surface area contributed by atoms with Crippen LogP contribution in [-0.4, -0.2) is 17.3 Å². The maximum absolute atomic E-state index is 12.2. The van der Waals surface area contributed by atoms with E-state index in [1.165, 1.54) is 154 Å². The first-order valence-corrected chi connectivity index (χ1v) is 21.2. The van der Waals surface area contributed by atoms with E-state index in [2.05, 4.69) is 38.2 Å². The summed E-state index contributed by atoms with van der Waals surface area (Å²) in [5.74, 6) is 0.725. The lowest BCUT2D eigenvalue weighted by molar-refractivity contribution is 0.268. The van der Waals surface area contributed by atoms with Crippen molar-refractivity contribution in [1.29, 1.82) is 0 Å². The van der Waals surface area contributed by atoms with Gasteiger partial charge in [0, 0.05) is 5.75 Å². The Balaban J connectivity index is 3.35. The van der Waals surface area contributed by atoms with Gasteiger partial charge >= 0.3 is 6.80 Å². The first-order valence-electron chi connectivity index (χ1n) is 18.0. The zero-order chi connectivity index (χ0) is 30.0. The molecule has 1 unspecified atom stereocenters. The minimum atomic E-state index is -3.47. The molecule has 0 rings (SSSR count). The van der Waals surface area contributed by atoms with Crippen molar-refractivity contribution in [3.8, 4) is 0 Å². The van der Waals surface area contributed by atoms with Crippen molar-refractivity contribution in [1.82, 2.24) is 0 Å². The maximum Gasteiger partial charge on any atom is 0.386 e. The van der Waals surface area contributed by atoms with Gasteiger partial charge in [-0.1, -0.05) is 154 Å². The highest BCUT2D eigenvalue weighted by molar-refractivity contribution is 8.54. The Morgan fingerprint density at radius 3 is 1.20 bits per heavy atom. The SMILES string of the molecule is CCCCCCCCC=CCCCCCCCCOP(=O)(O)SCCCCCCCCC=CCCCCCCCC. The van der Waals surface area contributed by atoms with Crippen molar-refractivity contribution < 1.29 is 14.0 Å². The number of allylic oxidation sites excluding steroid dienone is 4. The molecular weight excluding hydrogens is 543 g/mol. The highest BCUT2D eigenvalue weighted by Crippen LogP contribution is 2.56. The van der Waals surface area contributed by atoms with E-state index in [9.17, 15) is 9.46 Å². The van der Waals surface area contributed by atoms with Crippen molar-refractivity contribution in [3.63, 3.8) is 0 Å². The molecule has 0 saturated carbocycles. The Morgan fingerprint density at radius 1 is 0.488 bits per heavy atom. The molecule has 0 aliphatic heterocycles. The molecule has 0 saturated heterocycles. The second-order valence-electron chi connectivity index (χ2n) is 12.0. The third kappa shape index (κ3) is 36.1. The fourth-order valence-electron chi connectivity index (χ4n) is 5.10. The molecule has 244 valence electrons. The number of rotatable bonds is 34. The molecule has 0 aliphatic rings. The number of hydrogen-bond donors (Lipinski definition) is 1. The molecule has 1 atom stereocenters. The average molecular weight is 615 g/mol. The van der Waals surface area contributed by atoms with E-state index < -0.39 is 6.80 Å². The fourth-order valence-corrected chi connectivity index (χ4v) is 7.62. The van der Waals surface area contributed by atoms with Gasteiger partial charge in [0.2, 0.25) is 0 Å². The molecular formula is C36H71O3PS. The lowest BCUT2D eigenvalue weighted by Gasteiger charge is -2.11. The molecule has 0 aromatic rings. The molecule has 5 heteroatoms. The van der Waals surface area contributed by atoms with Crippen molar-refractivity contribution >= 4 is 18.2 Å². The summed E-state index contributed by atoms with van der Waals surface area (Å²) in [6.45, 7) is 1.49. The van der Waals surface area contributed by atoms with E-state index in [1.807, 2.05) is 0 Å². The van der Waals surface area contributed by atoms with E-state index in [4.69, 9.17) is 4.52 Å². The molecule has 3 nitrogen and oxygen atoms in total. The second kappa shape index (κ2) is 34.5. The lowest BCUT2D eigenvalue weighted by atomic mass is 10.1. The van der Waals surface area contributed by atoms with Gasteiger partial charge in [-0.05, 0) is 75.6 Å². The van der Waals surface area contributed by atoms with E-state index in [0.29, 0.717) is 6.61 Å². The number of unbranched alkanes of at least 4 members (excludes halogenated alkanes) is 24. The van der Waals surface area contributed by atoms with Crippen molar-refractivity contribution in [2.24, 2.45) is 0 Å². The van der Waals surface area contributed by atoms with Gasteiger partial charge in [0.15, 0.2) is 0 Å². The number of hydrogen-bond acceptors (Lipinski definition) is 3. The minimum Gasteiger partial charge on any atom is -0.316 e. The van der Waals surface area contributed by atoms with Crippen LogP contribution in [-0.2, 0) is 9.09 Å². The standard InChI is InChI=1S/C36H71O3PS/c1-3-5-7-9-11-13-15-17-19-21-23-25-27-29-31-33-35-39-40(37,38)41-36-34-32-30-28-26-24-22-20-18-16-14-12-10-8-6-4-2/h17-20H,3-16,21-36H2,1-2H3,(H,37,38). The summed E-state index contributed by atoms with van der Waals surface area (Å²) in [6.07, 6.45) is 45.2. The molecule has 0 aliphatic carbocycles. The Kier molecular flexibility index (Phi) is 34.5. The first kappa shape index (κ1) is 41.0. The third-order valence-corrected chi connectivity index (χ3v) is 11.0. The quantitative estimate of drug-likeness (QED) is 0.0445. The Bertz CT molecular complexity index is 560. The average Bonchev–Trinajstić information content (AvgIpc) is 2.96.